The van der Waals surface area contributed by atoms with Crippen molar-refractivity contribution in [3.05, 3.63) is 144 Å². The zero-order chi connectivity index (χ0) is 24.1. The molecule has 0 radical (unpaired) electrons. The second kappa shape index (κ2) is 11.6. The zero-order valence-electron chi connectivity index (χ0n) is 20.5. The largest absolute Gasteiger partial charge is 0.460 e. The average molecular weight is 498 g/mol. The van der Waals surface area contributed by atoms with Crippen LogP contribution < -0.4 is 0 Å². The number of likely N-dealkylation sites (N-methyl/N-ethyl adjacent to an activating group) is 1. The van der Waals surface area contributed by atoms with Gasteiger partial charge < -0.3 is 9.64 Å². The Balaban J connectivity index is 0.00000304. The van der Waals surface area contributed by atoms with Crippen LogP contribution in [0.1, 0.15) is 34.6 Å². The molecule has 4 aromatic carbocycles. The molecule has 3 nitrogen and oxygen atoms in total. The number of ether oxygens (including phenoxy) is 1. The van der Waals surface area contributed by atoms with Crippen LogP contribution in [0.4, 0.5) is 0 Å². The lowest BCUT2D eigenvalue weighted by atomic mass is 9.67. The Morgan fingerprint density at radius 2 is 1.17 bits per heavy atom. The van der Waals surface area contributed by atoms with Gasteiger partial charge in [-0.1, -0.05) is 121 Å². The smallest absolute Gasteiger partial charge is 0.318 e. The third kappa shape index (κ3) is 5.09. The minimum Gasteiger partial charge on any atom is -0.460 e. The van der Waals surface area contributed by atoms with E-state index in [0.717, 1.165) is 30.6 Å². The standard InChI is InChI=1S/C32H31NO2.ClH/c1-33-23-22-29(32(24-33,27-18-10-4-11-19-27)28-20-12-5-13-21-28)35-31(34)30(25-14-6-2-7-15-25)26-16-8-3-9-17-26;/h2-21,29-30H,22-24H2,1H3;1H. The molecule has 1 saturated heterocycles. The normalized spacial score (nSPS) is 17.2. The molecule has 1 aliphatic heterocycles. The maximum Gasteiger partial charge on any atom is 0.318 e. The Bertz CT molecular complexity index is 1150. The molecule has 0 aromatic heterocycles. The van der Waals surface area contributed by atoms with Crippen LogP contribution in [0, 0.1) is 0 Å². The predicted octanol–water partition coefficient (Wildman–Crippen LogP) is 6.47. The van der Waals surface area contributed by atoms with Gasteiger partial charge >= 0.3 is 5.97 Å². The van der Waals surface area contributed by atoms with Crippen molar-refractivity contribution < 1.29 is 9.53 Å². The van der Waals surface area contributed by atoms with E-state index in [1.807, 2.05) is 72.8 Å². The Kier molecular flexibility index (Phi) is 8.25. The Hall–Kier alpha value is -3.40. The van der Waals surface area contributed by atoms with Gasteiger partial charge in [0.2, 0.25) is 0 Å². The monoisotopic (exact) mass is 497 g/mol. The zero-order valence-corrected chi connectivity index (χ0v) is 21.3. The van der Waals surface area contributed by atoms with Crippen LogP contribution in [0.25, 0.3) is 0 Å². The lowest BCUT2D eigenvalue weighted by Crippen LogP contribution is -2.56. The molecule has 1 fully saturated rings. The van der Waals surface area contributed by atoms with Crippen molar-refractivity contribution >= 4 is 18.4 Å². The van der Waals surface area contributed by atoms with Gasteiger partial charge in [0.1, 0.15) is 12.0 Å². The molecule has 1 atom stereocenters. The average Bonchev–Trinajstić information content (AvgIpc) is 2.92. The van der Waals surface area contributed by atoms with Gasteiger partial charge in [-0.2, -0.15) is 0 Å². The maximum absolute atomic E-state index is 14.0. The van der Waals surface area contributed by atoms with E-state index in [1.54, 1.807) is 0 Å². The van der Waals surface area contributed by atoms with Gasteiger partial charge in [-0.25, -0.2) is 0 Å². The van der Waals surface area contributed by atoms with Gasteiger partial charge in [0, 0.05) is 13.1 Å². The van der Waals surface area contributed by atoms with E-state index in [4.69, 9.17) is 4.74 Å². The first-order valence-electron chi connectivity index (χ1n) is 12.3. The number of carbonyl (C=O) groups excluding carboxylic acids is 1. The molecule has 1 unspecified atom stereocenters. The van der Waals surface area contributed by atoms with Crippen LogP contribution in [0.15, 0.2) is 121 Å². The molecule has 4 aromatic rings. The highest BCUT2D eigenvalue weighted by atomic mass is 35.5. The highest BCUT2D eigenvalue weighted by Gasteiger charge is 2.48. The number of rotatable bonds is 6. The molecule has 0 N–H and O–H groups in total. The third-order valence-electron chi connectivity index (χ3n) is 7.18. The van der Waals surface area contributed by atoms with Gasteiger partial charge in [-0.05, 0) is 35.7 Å². The Morgan fingerprint density at radius 1 is 0.750 bits per heavy atom. The van der Waals surface area contributed by atoms with Crippen molar-refractivity contribution in [2.24, 2.45) is 0 Å². The Labute approximate surface area is 220 Å². The molecule has 0 saturated carbocycles. The van der Waals surface area contributed by atoms with Crippen molar-refractivity contribution in [1.29, 1.82) is 0 Å². The summed E-state index contributed by atoms with van der Waals surface area (Å²) in [5.74, 6) is -0.672. The first kappa shape index (κ1) is 25.7. The molecule has 36 heavy (non-hydrogen) atoms. The number of benzene rings is 4. The quantitative estimate of drug-likeness (QED) is 0.286. The number of piperidine rings is 1. The van der Waals surface area contributed by atoms with Gasteiger partial charge in [0.05, 0.1) is 5.41 Å². The fraction of sp³-hybridized carbons (Fsp3) is 0.219. The molecule has 0 bridgehead atoms. The highest BCUT2D eigenvalue weighted by molar-refractivity contribution is 5.85. The SMILES string of the molecule is CN1CCC(OC(=O)C(c2ccccc2)c2ccccc2)C(c2ccccc2)(c2ccccc2)C1.Cl. The van der Waals surface area contributed by atoms with E-state index in [1.165, 1.54) is 11.1 Å². The summed E-state index contributed by atoms with van der Waals surface area (Å²) in [6, 6.07) is 40.9. The number of hydrogen-bond acceptors (Lipinski definition) is 3. The van der Waals surface area contributed by atoms with Crippen LogP contribution in [0.3, 0.4) is 0 Å². The molecule has 0 aliphatic carbocycles. The molecular weight excluding hydrogens is 466 g/mol. The molecule has 4 heteroatoms. The Morgan fingerprint density at radius 3 is 1.61 bits per heavy atom. The summed E-state index contributed by atoms with van der Waals surface area (Å²) in [5.41, 5.74) is 3.78. The van der Waals surface area contributed by atoms with Crippen LogP contribution >= 0.6 is 12.4 Å². The maximum atomic E-state index is 14.0. The molecule has 0 amide bonds. The fourth-order valence-electron chi connectivity index (χ4n) is 5.51. The molecule has 184 valence electrons. The second-order valence-corrected chi connectivity index (χ2v) is 9.41. The van der Waals surface area contributed by atoms with Crippen molar-refractivity contribution in [3.63, 3.8) is 0 Å². The number of halogens is 1. The van der Waals surface area contributed by atoms with Crippen LogP contribution in [-0.4, -0.2) is 37.1 Å². The van der Waals surface area contributed by atoms with E-state index in [0.29, 0.717) is 0 Å². The van der Waals surface area contributed by atoms with Gasteiger partial charge in [0.15, 0.2) is 0 Å². The summed E-state index contributed by atoms with van der Waals surface area (Å²) in [6.07, 6.45) is 0.480. The third-order valence-corrected chi connectivity index (χ3v) is 7.18. The number of carbonyl (C=O) groups is 1. The molecule has 5 rings (SSSR count). The van der Waals surface area contributed by atoms with Crippen molar-refractivity contribution in [2.45, 2.75) is 23.9 Å². The van der Waals surface area contributed by atoms with Crippen LogP contribution in [0.2, 0.25) is 0 Å². The summed E-state index contributed by atoms with van der Waals surface area (Å²) in [5, 5.41) is 0. The van der Waals surface area contributed by atoms with E-state index in [-0.39, 0.29) is 24.5 Å². The first-order valence-corrected chi connectivity index (χ1v) is 12.3. The summed E-state index contributed by atoms with van der Waals surface area (Å²) in [6.45, 7) is 1.65. The molecule has 1 aliphatic rings. The topological polar surface area (TPSA) is 29.5 Å². The lowest BCUT2D eigenvalue weighted by Gasteiger charge is -2.47. The first-order chi connectivity index (χ1) is 17.2. The van der Waals surface area contributed by atoms with Crippen LogP contribution in [-0.2, 0) is 14.9 Å². The molecule has 1 heterocycles. The highest BCUT2D eigenvalue weighted by Crippen LogP contribution is 2.42. The summed E-state index contributed by atoms with van der Waals surface area (Å²) >= 11 is 0. The summed E-state index contributed by atoms with van der Waals surface area (Å²) in [4.78, 5) is 16.4. The minimum absolute atomic E-state index is 0. The number of esters is 1. The second-order valence-electron chi connectivity index (χ2n) is 9.41. The number of hydrogen-bond donors (Lipinski definition) is 0. The summed E-state index contributed by atoms with van der Waals surface area (Å²) < 4.78 is 6.57. The fourth-order valence-corrected chi connectivity index (χ4v) is 5.51. The van der Waals surface area contributed by atoms with Gasteiger partial charge in [0.25, 0.3) is 0 Å². The van der Waals surface area contributed by atoms with Crippen molar-refractivity contribution in [3.8, 4) is 0 Å². The van der Waals surface area contributed by atoms with Gasteiger partial charge in [-0.15, -0.1) is 12.4 Å². The minimum atomic E-state index is -0.471. The summed E-state index contributed by atoms with van der Waals surface area (Å²) in [7, 11) is 2.15. The van der Waals surface area contributed by atoms with E-state index in [2.05, 4.69) is 60.5 Å². The predicted molar refractivity (Wildman–Crippen MR) is 148 cm³/mol. The van der Waals surface area contributed by atoms with Crippen molar-refractivity contribution in [1.82, 2.24) is 4.90 Å². The van der Waals surface area contributed by atoms with E-state index in [9.17, 15) is 4.79 Å². The van der Waals surface area contributed by atoms with Crippen LogP contribution in [0.5, 0.6) is 0 Å². The molecule has 0 spiro atoms. The van der Waals surface area contributed by atoms with Gasteiger partial charge in [-0.3, -0.25) is 4.79 Å². The van der Waals surface area contributed by atoms with Crippen molar-refractivity contribution in [2.75, 3.05) is 20.1 Å². The number of likely N-dealkylation sites (tertiary alicyclic amines) is 1. The lowest BCUT2D eigenvalue weighted by molar-refractivity contribution is -0.155. The number of nitrogens with zero attached hydrogens (tertiary/aromatic N) is 1. The van der Waals surface area contributed by atoms with E-state index >= 15 is 0 Å². The van der Waals surface area contributed by atoms with E-state index < -0.39 is 11.3 Å². The molecular formula is C32H32ClNO2.